The molecule has 96 valence electrons. The van der Waals surface area contributed by atoms with Crippen molar-refractivity contribution in [3.8, 4) is 0 Å². The first kappa shape index (κ1) is 14.0. The molecule has 2 rings (SSSR count). The van der Waals surface area contributed by atoms with E-state index in [1.807, 2.05) is 0 Å². The molecule has 1 aromatic heterocycles. The molecule has 6 heteroatoms. The van der Waals surface area contributed by atoms with E-state index in [9.17, 15) is 4.79 Å². The number of hydrogen-bond acceptors (Lipinski definition) is 4. The van der Waals surface area contributed by atoms with Crippen molar-refractivity contribution in [2.75, 3.05) is 20.2 Å². The van der Waals surface area contributed by atoms with Crippen LogP contribution in [0.15, 0.2) is 16.5 Å². The number of hydrogen-bond donors (Lipinski definition) is 2. The molecule has 1 aliphatic rings. The van der Waals surface area contributed by atoms with Crippen molar-refractivity contribution in [2.24, 2.45) is 0 Å². The molecule has 17 heavy (non-hydrogen) atoms. The van der Waals surface area contributed by atoms with Crippen LogP contribution in [0.3, 0.4) is 0 Å². The third-order valence-electron chi connectivity index (χ3n) is 2.57. The second-order valence-corrected chi connectivity index (χ2v) is 3.86. The summed E-state index contributed by atoms with van der Waals surface area (Å²) in [5.74, 6) is 0.854. The number of halogens is 1. The Bertz CT molecular complexity index is 361. The number of nitrogens with one attached hydrogen (secondary N) is 2. The van der Waals surface area contributed by atoms with Gasteiger partial charge in [0.25, 0.3) is 5.91 Å². The molecule has 1 aliphatic heterocycles. The van der Waals surface area contributed by atoms with Gasteiger partial charge >= 0.3 is 0 Å². The molecule has 1 atom stereocenters. The second kappa shape index (κ2) is 6.64. The minimum Gasteiger partial charge on any atom is -0.453 e. The van der Waals surface area contributed by atoms with Gasteiger partial charge in [0.15, 0.2) is 5.76 Å². The van der Waals surface area contributed by atoms with Gasteiger partial charge in [-0.3, -0.25) is 4.79 Å². The normalized spacial score (nSPS) is 18.8. The zero-order valence-electron chi connectivity index (χ0n) is 9.69. The van der Waals surface area contributed by atoms with Crippen molar-refractivity contribution < 1.29 is 13.9 Å². The van der Waals surface area contributed by atoms with Crippen molar-refractivity contribution in [3.63, 3.8) is 0 Å². The fourth-order valence-corrected chi connectivity index (χ4v) is 1.75. The summed E-state index contributed by atoms with van der Waals surface area (Å²) in [5.41, 5.74) is 0. The number of ether oxygens (including phenoxy) is 1. The lowest BCUT2D eigenvalue weighted by atomic mass is 10.2. The first-order valence-corrected chi connectivity index (χ1v) is 5.39. The Labute approximate surface area is 106 Å². The van der Waals surface area contributed by atoms with Crippen molar-refractivity contribution >= 4 is 18.3 Å². The van der Waals surface area contributed by atoms with Crippen LogP contribution < -0.4 is 10.6 Å². The summed E-state index contributed by atoms with van der Waals surface area (Å²) >= 11 is 0. The number of carbonyl (C=O) groups excluding carboxylic acids is 1. The average molecular weight is 261 g/mol. The van der Waals surface area contributed by atoms with Crippen LogP contribution in [0.25, 0.3) is 0 Å². The number of furan rings is 1. The van der Waals surface area contributed by atoms with Crippen LogP contribution in [0.2, 0.25) is 0 Å². The number of amides is 1. The topological polar surface area (TPSA) is 63.5 Å². The summed E-state index contributed by atoms with van der Waals surface area (Å²) < 4.78 is 10.3. The Balaban J connectivity index is 0.00000144. The highest BCUT2D eigenvalue weighted by molar-refractivity contribution is 5.91. The fourth-order valence-electron chi connectivity index (χ4n) is 1.75. The van der Waals surface area contributed by atoms with Crippen LogP contribution in [-0.2, 0) is 11.3 Å². The lowest BCUT2D eigenvalue weighted by molar-refractivity contribution is 0.0903. The van der Waals surface area contributed by atoms with Gasteiger partial charge in [-0.2, -0.15) is 0 Å². The van der Waals surface area contributed by atoms with E-state index in [1.54, 1.807) is 19.2 Å². The van der Waals surface area contributed by atoms with Crippen molar-refractivity contribution in [2.45, 2.75) is 19.1 Å². The number of carbonyl (C=O) groups is 1. The summed E-state index contributed by atoms with van der Waals surface area (Å²) in [6.45, 7) is 2.17. The molecule has 0 bridgehead atoms. The lowest BCUT2D eigenvalue weighted by Gasteiger charge is -2.09. The molecule has 0 radical (unpaired) electrons. The Morgan fingerprint density at radius 1 is 1.65 bits per heavy atom. The summed E-state index contributed by atoms with van der Waals surface area (Å²) in [4.78, 5) is 11.7. The monoisotopic (exact) mass is 260 g/mol. The zero-order chi connectivity index (χ0) is 11.4. The van der Waals surface area contributed by atoms with Crippen LogP contribution >= 0.6 is 12.4 Å². The van der Waals surface area contributed by atoms with Crippen LogP contribution in [0.5, 0.6) is 0 Å². The summed E-state index contributed by atoms with van der Waals surface area (Å²) in [5, 5.41) is 6.10. The molecular weight excluding hydrogens is 244 g/mol. The molecule has 1 aromatic rings. The Hall–Kier alpha value is -1.04. The van der Waals surface area contributed by atoms with E-state index in [-0.39, 0.29) is 24.4 Å². The molecular formula is C11H17ClN2O3. The maximum absolute atomic E-state index is 11.7. The zero-order valence-corrected chi connectivity index (χ0v) is 10.5. The summed E-state index contributed by atoms with van der Waals surface area (Å²) in [6, 6.07) is 3.64. The van der Waals surface area contributed by atoms with Gasteiger partial charge in [0, 0.05) is 19.7 Å². The highest BCUT2D eigenvalue weighted by Crippen LogP contribution is 2.09. The largest absolute Gasteiger partial charge is 0.453 e. The van der Waals surface area contributed by atoms with E-state index in [4.69, 9.17) is 9.15 Å². The van der Waals surface area contributed by atoms with Gasteiger partial charge in [-0.25, -0.2) is 0 Å². The maximum Gasteiger partial charge on any atom is 0.287 e. The van der Waals surface area contributed by atoms with E-state index >= 15 is 0 Å². The molecule has 1 fully saturated rings. The highest BCUT2D eigenvalue weighted by Gasteiger charge is 2.19. The molecule has 2 N–H and O–H groups in total. The quantitative estimate of drug-likeness (QED) is 0.846. The Kier molecular flexibility index (Phi) is 5.47. The van der Waals surface area contributed by atoms with Crippen molar-refractivity contribution in [1.82, 2.24) is 10.6 Å². The first-order chi connectivity index (χ1) is 7.79. The molecule has 1 amide bonds. The van der Waals surface area contributed by atoms with Gasteiger partial charge in [0.2, 0.25) is 0 Å². The average Bonchev–Trinajstić information content (AvgIpc) is 2.89. The molecule has 0 saturated carbocycles. The summed E-state index contributed by atoms with van der Waals surface area (Å²) in [6.07, 6.45) is 0.970. The fraction of sp³-hybridized carbons (Fsp3) is 0.545. The Morgan fingerprint density at radius 2 is 2.47 bits per heavy atom. The SMILES string of the molecule is COCc1ccc(C(=O)NC2CCNC2)o1.Cl. The van der Waals surface area contributed by atoms with E-state index in [0.29, 0.717) is 18.1 Å². The minimum absolute atomic E-state index is 0. The lowest BCUT2D eigenvalue weighted by Crippen LogP contribution is -2.35. The van der Waals surface area contributed by atoms with E-state index in [2.05, 4.69) is 10.6 Å². The minimum atomic E-state index is -0.156. The predicted molar refractivity (Wildman–Crippen MR) is 65.4 cm³/mol. The second-order valence-electron chi connectivity index (χ2n) is 3.86. The van der Waals surface area contributed by atoms with Gasteiger partial charge < -0.3 is 19.8 Å². The van der Waals surface area contributed by atoms with Gasteiger partial charge in [-0.05, 0) is 25.1 Å². The van der Waals surface area contributed by atoms with Gasteiger partial charge in [-0.1, -0.05) is 0 Å². The third-order valence-corrected chi connectivity index (χ3v) is 2.57. The van der Waals surface area contributed by atoms with Crippen LogP contribution in [0, 0.1) is 0 Å². The molecule has 1 unspecified atom stereocenters. The van der Waals surface area contributed by atoms with Crippen LogP contribution in [-0.4, -0.2) is 32.1 Å². The molecule has 5 nitrogen and oxygen atoms in total. The van der Waals surface area contributed by atoms with E-state index in [0.717, 1.165) is 19.5 Å². The number of rotatable bonds is 4. The van der Waals surface area contributed by atoms with Crippen LogP contribution in [0.4, 0.5) is 0 Å². The third kappa shape index (κ3) is 3.73. The number of methoxy groups -OCH3 is 1. The highest BCUT2D eigenvalue weighted by atomic mass is 35.5. The molecule has 1 saturated heterocycles. The van der Waals surface area contributed by atoms with E-state index in [1.165, 1.54) is 0 Å². The molecule has 0 spiro atoms. The predicted octanol–water partition coefficient (Wildman–Crippen LogP) is 0.939. The maximum atomic E-state index is 11.7. The first-order valence-electron chi connectivity index (χ1n) is 5.39. The molecule has 0 aliphatic carbocycles. The standard InChI is InChI=1S/C11H16N2O3.ClH/c1-15-7-9-2-3-10(16-9)11(14)13-8-4-5-12-6-8;/h2-3,8,12H,4-7H2,1H3,(H,13,14);1H. The van der Waals surface area contributed by atoms with Gasteiger partial charge in [0.1, 0.15) is 12.4 Å². The van der Waals surface area contributed by atoms with Crippen LogP contribution in [0.1, 0.15) is 22.7 Å². The Morgan fingerprint density at radius 3 is 3.12 bits per heavy atom. The van der Waals surface area contributed by atoms with E-state index < -0.39 is 0 Å². The summed E-state index contributed by atoms with van der Waals surface area (Å²) in [7, 11) is 1.59. The molecule has 0 aromatic carbocycles. The smallest absolute Gasteiger partial charge is 0.287 e. The van der Waals surface area contributed by atoms with Crippen molar-refractivity contribution in [3.05, 3.63) is 23.7 Å². The van der Waals surface area contributed by atoms with Crippen molar-refractivity contribution in [1.29, 1.82) is 0 Å². The molecule has 2 heterocycles. The van der Waals surface area contributed by atoms with Gasteiger partial charge in [-0.15, -0.1) is 12.4 Å². The van der Waals surface area contributed by atoms with Gasteiger partial charge in [0.05, 0.1) is 0 Å².